The Morgan fingerprint density at radius 1 is 0.826 bits per heavy atom. The lowest BCUT2D eigenvalue weighted by Crippen LogP contribution is -2.22. The van der Waals surface area contributed by atoms with Gasteiger partial charge >= 0.3 is 6.16 Å². The molecule has 1 aliphatic carbocycles. The lowest BCUT2D eigenvalue weighted by molar-refractivity contribution is 0.0969. The Kier molecular flexibility index (Phi) is 2.96. The zero-order valence-electron chi connectivity index (χ0n) is 11.2. The lowest BCUT2D eigenvalue weighted by Gasteiger charge is -2.21. The molecule has 0 spiro atoms. The number of phenols is 3. The van der Waals surface area contributed by atoms with Crippen LogP contribution in [-0.4, -0.2) is 38.1 Å². The van der Waals surface area contributed by atoms with Crippen LogP contribution in [0, 0.1) is 0 Å². The molecule has 0 fully saturated rings. The van der Waals surface area contributed by atoms with Gasteiger partial charge in [0, 0.05) is 11.1 Å². The number of carbonyl (C=O) groups excluding carboxylic acids is 2. The highest BCUT2D eigenvalue weighted by atomic mass is 16.7. The molecule has 0 heterocycles. The van der Waals surface area contributed by atoms with Crippen molar-refractivity contribution in [1.29, 1.82) is 0 Å². The first-order chi connectivity index (χ1) is 10.8. The van der Waals surface area contributed by atoms with Crippen LogP contribution < -0.4 is 4.74 Å². The quantitative estimate of drug-likeness (QED) is 0.301. The van der Waals surface area contributed by atoms with Gasteiger partial charge in [-0.1, -0.05) is 24.3 Å². The van der Waals surface area contributed by atoms with Crippen molar-refractivity contribution >= 4 is 17.7 Å². The number of hydrogen-bond donors (Lipinski definition) is 4. The predicted molar refractivity (Wildman–Crippen MR) is 73.4 cm³/mol. The van der Waals surface area contributed by atoms with Crippen molar-refractivity contribution in [2.75, 3.05) is 0 Å². The van der Waals surface area contributed by atoms with E-state index in [4.69, 9.17) is 5.11 Å². The van der Waals surface area contributed by atoms with Crippen LogP contribution in [-0.2, 0) is 0 Å². The summed E-state index contributed by atoms with van der Waals surface area (Å²) in [6.45, 7) is 0. The monoisotopic (exact) mass is 316 g/mol. The molecule has 0 aliphatic heterocycles. The van der Waals surface area contributed by atoms with Crippen LogP contribution in [0.4, 0.5) is 4.79 Å². The van der Waals surface area contributed by atoms with Gasteiger partial charge in [-0.3, -0.25) is 9.59 Å². The second-order valence-electron chi connectivity index (χ2n) is 4.70. The van der Waals surface area contributed by atoms with Crippen molar-refractivity contribution in [2.24, 2.45) is 0 Å². The molecule has 2 aromatic rings. The predicted octanol–water partition coefficient (Wildman–Crippen LogP) is 1.64. The highest BCUT2D eigenvalue weighted by Crippen LogP contribution is 2.50. The average molecular weight is 316 g/mol. The van der Waals surface area contributed by atoms with E-state index in [0.717, 1.165) is 0 Å². The molecule has 0 radical (unpaired) electrons. The summed E-state index contributed by atoms with van der Waals surface area (Å²) in [6.07, 6.45) is -1.87. The van der Waals surface area contributed by atoms with Gasteiger partial charge in [-0.05, 0) is 0 Å². The van der Waals surface area contributed by atoms with E-state index in [1.54, 1.807) is 0 Å². The molecule has 0 unspecified atom stereocenters. The number of phenolic OH excluding ortho intramolecular Hbond substituents is 3. The normalized spacial score (nSPS) is 12.5. The summed E-state index contributed by atoms with van der Waals surface area (Å²) in [4.78, 5) is 35.8. The number of fused-ring (bicyclic) bond motifs is 2. The Hall–Kier alpha value is -3.55. The zero-order chi connectivity index (χ0) is 16.9. The fourth-order valence-corrected chi connectivity index (χ4v) is 2.46. The molecule has 4 N–H and O–H groups in total. The molecule has 116 valence electrons. The van der Waals surface area contributed by atoms with Gasteiger partial charge in [0.25, 0.3) is 0 Å². The minimum Gasteiger partial charge on any atom is -0.504 e. The molecular formula is C15H8O8. The Morgan fingerprint density at radius 2 is 1.35 bits per heavy atom. The van der Waals surface area contributed by atoms with Crippen molar-refractivity contribution in [2.45, 2.75) is 0 Å². The summed E-state index contributed by atoms with van der Waals surface area (Å²) in [6, 6.07) is 5.68. The van der Waals surface area contributed by atoms with Gasteiger partial charge in [-0.25, -0.2) is 4.79 Å². The molecule has 0 saturated carbocycles. The van der Waals surface area contributed by atoms with Gasteiger partial charge in [0.2, 0.25) is 11.5 Å². The molecule has 8 heteroatoms. The summed E-state index contributed by atoms with van der Waals surface area (Å²) in [5.74, 6) is -5.86. The van der Waals surface area contributed by atoms with Gasteiger partial charge in [-0.15, -0.1) is 0 Å². The van der Waals surface area contributed by atoms with Crippen molar-refractivity contribution in [3.05, 3.63) is 46.5 Å². The first-order valence-electron chi connectivity index (χ1n) is 6.24. The van der Waals surface area contributed by atoms with E-state index >= 15 is 0 Å². The Morgan fingerprint density at radius 3 is 1.87 bits per heavy atom. The van der Waals surface area contributed by atoms with Crippen LogP contribution in [0.15, 0.2) is 24.3 Å². The number of carbonyl (C=O) groups is 3. The van der Waals surface area contributed by atoms with Crippen molar-refractivity contribution in [3.63, 3.8) is 0 Å². The van der Waals surface area contributed by atoms with Crippen LogP contribution in [0.2, 0.25) is 0 Å². The maximum Gasteiger partial charge on any atom is 0.511 e. The number of benzene rings is 2. The Balaban J connectivity index is 2.42. The Bertz CT molecular complexity index is 897. The van der Waals surface area contributed by atoms with Crippen LogP contribution in [0.5, 0.6) is 23.0 Å². The third-order valence-corrected chi connectivity index (χ3v) is 3.44. The third kappa shape index (κ3) is 1.89. The van der Waals surface area contributed by atoms with E-state index in [1.807, 2.05) is 0 Å². The summed E-state index contributed by atoms with van der Waals surface area (Å²) in [7, 11) is 0. The first kappa shape index (κ1) is 14.4. The maximum atomic E-state index is 12.5. The number of ether oxygens (including phenoxy) is 1. The average Bonchev–Trinajstić information content (AvgIpc) is 2.52. The van der Waals surface area contributed by atoms with Gasteiger partial charge in [0.15, 0.2) is 23.1 Å². The topological polar surface area (TPSA) is 141 Å². The van der Waals surface area contributed by atoms with Gasteiger partial charge in [-0.2, -0.15) is 0 Å². The molecule has 23 heavy (non-hydrogen) atoms. The largest absolute Gasteiger partial charge is 0.511 e. The number of aromatic hydroxyl groups is 3. The van der Waals surface area contributed by atoms with Crippen molar-refractivity contribution in [3.8, 4) is 23.0 Å². The van der Waals surface area contributed by atoms with E-state index in [0.29, 0.717) is 0 Å². The number of hydrogen-bond acceptors (Lipinski definition) is 7. The molecule has 0 aromatic heterocycles. The van der Waals surface area contributed by atoms with E-state index in [2.05, 4.69) is 4.74 Å². The van der Waals surface area contributed by atoms with Gasteiger partial charge in [0.05, 0.1) is 11.1 Å². The third-order valence-electron chi connectivity index (χ3n) is 3.44. The fourth-order valence-electron chi connectivity index (χ4n) is 2.46. The van der Waals surface area contributed by atoms with Crippen LogP contribution in [0.25, 0.3) is 0 Å². The smallest absolute Gasteiger partial charge is 0.504 e. The molecule has 0 saturated heterocycles. The first-order valence-corrected chi connectivity index (χ1v) is 6.24. The van der Waals surface area contributed by atoms with E-state index in [9.17, 15) is 29.7 Å². The summed E-state index contributed by atoms with van der Waals surface area (Å²) < 4.78 is 4.34. The molecule has 0 amide bonds. The molecule has 0 atom stereocenters. The van der Waals surface area contributed by atoms with Crippen LogP contribution in [0.3, 0.4) is 0 Å². The second kappa shape index (κ2) is 4.73. The van der Waals surface area contributed by atoms with Gasteiger partial charge < -0.3 is 25.2 Å². The minimum atomic E-state index is -1.87. The molecule has 2 aromatic carbocycles. The molecule has 8 nitrogen and oxygen atoms in total. The van der Waals surface area contributed by atoms with Gasteiger partial charge in [0.1, 0.15) is 0 Å². The molecular weight excluding hydrogens is 308 g/mol. The standard InChI is InChI=1S/C15H8O8/c16-9-5-3-1-2-4-6(5)10(17)8-7(9)11(18)12(19)13(20)14(8)23-15(21)22/h1-4,18-20H,(H,21,22). The van der Waals surface area contributed by atoms with E-state index in [-0.39, 0.29) is 11.1 Å². The van der Waals surface area contributed by atoms with Crippen LogP contribution >= 0.6 is 0 Å². The summed E-state index contributed by atoms with van der Waals surface area (Å²) in [5, 5.41) is 38.1. The lowest BCUT2D eigenvalue weighted by atomic mass is 9.82. The zero-order valence-corrected chi connectivity index (χ0v) is 11.2. The minimum absolute atomic E-state index is 0.0216. The molecule has 0 bridgehead atoms. The maximum absolute atomic E-state index is 12.5. The number of ketones is 2. The number of rotatable bonds is 1. The van der Waals surface area contributed by atoms with E-state index in [1.165, 1.54) is 24.3 Å². The Labute approximate surface area is 127 Å². The highest BCUT2D eigenvalue weighted by molar-refractivity contribution is 6.31. The fraction of sp³-hybridized carbons (Fsp3) is 0. The van der Waals surface area contributed by atoms with E-state index < -0.39 is 51.8 Å². The van der Waals surface area contributed by atoms with Crippen LogP contribution in [0.1, 0.15) is 31.8 Å². The van der Waals surface area contributed by atoms with Crippen molar-refractivity contribution < 1.29 is 39.5 Å². The number of carboxylic acid groups (broad SMARTS) is 1. The highest BCUT2D eigenvalue weighted by Gasteiger charge is 2.39. The molecule has 1 aliphatic rings. The SMILES string of the molecule is O=C(O)Oc1c(O)c(O)c(O)c2c1C(=O)c1ccccc1C2=O. The van der Waals surface area contributed by atoms with Crippen molar-refractivity contribution in [1.82, 2.24) is 0 Å². The molecule has 3 rings (SSSR count). The second-order valence-corrected chi connectivity index (χ2v) is 4.70. The summed E-state index contributed by atoms with van der Waals surface area (Å²) >= 11 is 0. The summed E-state index contributed by atoms with van der Waals surface area (Å²) in [5.41, 5.74) is -1.31.